The molecule has 0 aromatic carbocycles. The summed E-state index contributed by atoms with van der Waals surface area (Å²) < 4.78 is 0. The monoisotopic (exact) mass is 297 g/mol. The summed E-state index contributed by atoms with van der Waals surface area (Å²) in [6.45, 7) is 1.44. The van der Waals surface area contributed by atoms with Crippen molar-refractivity contribution in [3.05, 3.63) is 0 Å². The first-order valence-corrected chi connectivity index (χ1v) is 7.99. The van der Waals surface area contributed by atoms with Crippen LogP contribution in [0.15, 0.2) is 0 Å². The lowest BCUT2D eigenvalue weighted by Crippen LogP contribution is -2.57. The van der Waals surface area contributed by atoms with E-state index in [0.29, 0.717) is 12.6 Å². The van der Waals surface area contributed by atoms with Crippen LogP contribution in [-0.2, 0) is 4.79 Å². The predicted octanol–water partition coefficient (Wildman–Crippen LogP) is 1.56. The predicted molar refractivity (Wildman–Crippen MR) is 80.3 cm³/mol. The van der Waals surface area contributed by atoms with E-state index in [-0.39, 0.29) is 12.5 Å². The number of hydrogen-bond acceptors (Lipinski definition) is 3. The standard InChI is InChI=1S/C15H27N3O3/c1-18(12-5-2-3-6-12)10-9-16-14(21)17-15(7-4-8-15)11-13(19)20/h12H,2-11H2,1H3,(H,19,20)(H2,16,17,21). The van der Waals surface area contributed by atoms with Gasteiger partial charge in [-0.25, -0.2) is 4.79 Å². The van der Waals surface area contributed by atoms with Gasteiger partial charge in [-0.15, -0.1) is 0 Å². The fraction of sp³-hybridized carbons (Fsp3) is 0.867. The molecule has 2 aliphatic rings. The molecule has 6 heteroatoms. The normalized spacial score (nSPS) is 21.0. The zero-order valence-corrected chi connectivity index (χ0v) is 12.9. The molecule has 0 saturated heterocycles. The average molecular weight is 297 g/mol. The molecule has 0 unspecified atom stereocenters. The number of carboxylic acid groups (broad SMARTS) is 1. The number of likely N-dealkylation sites (N-methyl/N-ethyl adjacent to an activating group) is 1. The Labute approximate surface area is 126 Å². The van der Waals surface area contributed by atoms with Crippen LogP contribution in [0.5, 0.6) is 0 Å². The van der Waals surface area contributed by atoms with Crippen LogP contribution in [0, 0.1) is 0 Å². The number of amides is 2. The van der Waals surface area contributed by atoms with Crippen LogP contribution >= 0.6 is 0 Å². The number of hydrogen-bond donors (Lipinski definition) is 3. The van der Waals surface area contributed by atoms with Gasteiger partial charge in [-0.3, -0.25) is 4.79 Å². The number of urea groups is 1. The molecule has 0 bridgehead atoms. The number of carboxylic acids is 1. The number of nitrogens with zero attached hydrogens (tertiary/aromatic N) is 1. The minimum Gasteiger partial charge on any atom is -0.481 e. The SMILES string of the molecule is CN(CCNC(=O)NC1(CC(=O)O)CCC1)C1CCCC1. The molecule has 2 fully saturated rings. The van der Waals surface area contributed by atoms with Gasteiger partial charge in [0.2, 0.25) is 0 Å². The Morgan fingerprint density at radius 2 is 1.90 bits per heavy atom. The van der Waals surface area contributed by atoms with Crippen LogP contribution in [0.1, 0.15) is 51.4 Å². The molecule has 2 amide bonds. The third-order valence-corrected chi connectivity index (χ3v) is 4.88. The summed E-state index contributed by atoms with van der Waals surface area (Å²) in [4.78, 5) is 25.1. The summed E-state index contributed by atoms with van der Waals surface area (Å²) in [7, 11) is 2.10. The molecule has 120 valence electrons. The van der Waals surface area contributed by atoms with Gasteiger partial charge < -0.3 is 20.6 Å². The number of aliphatic carboxylic acids is 1. The van der Waals surface area contributed by atoms with Gasteiger partial charge in [-0.1, -0.05) is 12.8 Å². The third kappa shape index (κ3) is 4.59. The molecule has 3 N–H and O–H groups in total. The van der Waals surface area contributed by atoms with E-state index >= 15 is 0 Å². The Hall–Kier alpha value is -1.30. The fourth-order valence-corrected chi connectivity index (χ4v) is 3.40. The summed E-state index contributed by atoms with van der Waals surface area (Å²) in [5.41, 5.74) is -0.521. The first-order valence-electron chi connectivity index (χ1n) is 7.99. The van der Waals surface area contributed by atoms with Crippen molar-refractivity contribution in [3.63, 3.8) is 0 Å². The number of carbonyl (C=O) groups excluding carboxylic acids is 1. The average Bonchev–Trinajstić information content (AvgIpc) is 2.89. The Morgan fingerprint density at radius 1 is 1.24 bits per heavy atom. The highest BCUT2D eigenvalue weighted by Crippen LogP contribution is 2.34. The highest BCUT2D eigenvalue weighted by molar-refractivity contribution is 5.77. The van der Waals surface area contributed by atoms with E-state index in [9.17, 15) is 9.59 Å². The topological polar surface area (TPSA) is 81.7 Å². The van der Waals surface area contributed by atoms with Crippen molar-refractivity contribution in [2.45, 2.75) is 62.9 Å². The highest BCUT2D eigenvalue weighted by atomic mass is 16.4. The van der Waals surface area contributed by atoms with Crippen LogP contribution in [0.25, 0.3) is 0 Å². The summed E-state index contributed by atoms with van der Waals surface area (Å²) in [5, 5.41) is 14.6. The van der Waals surface area contributed by atoms with Crippen molar-refractivity contribution in [1.82, 2.24) is 15.5 Å². The van der Waals surface area contributed by atoms with Crippen molar-refractivity contribution in [2.75, 3.05) is 20.1 Å². The van der Waals surface area contributed by atoms with Crippen molar-refractivity contribution < 1.29 is 14.7 Å². The number of carbonyl (C=O) groups is 2. The van der Waals surface area contributed by atoms with Crippen molar-refractivity contribution in [1.29, 1.82) is 0 Å². The molecule has 0 spiro atoms. The lowest BCUT2D eigenvalue weighted by atomic mass is 9.74. The zero-order chi connectivity index (χ0) is 15.3. The Morgan fingerprint density at radius 3 is 2.43 bits per heavy atom. The molecule has 2 aliphatic carbocycles. The minimum atomic E-state index is -0.851. The molecular weight excluding hydrogens is 270 g/mol. The van der Waals surface area contributed by atoms with Crippen LogP contribution in [0.3, 0.4) is 0 Å². The molecule has 6 nitrogen and oxygen atoms in total. The Kier molecular flexibility index (Phi) is 5.45. The first-order chi connectivity index (χ1) is 10.0. The molecule has 0 heterocycles. The van der Waals surface area contributed by atoms with E-state index in [4.69, 9.17) is 5.11 Å². The minimum absolute atomic E-state index is 0.0163. The third-order valence-electron chi connectivity index (χ3n) is 4.88. The second-order valence-electron chi connectivity index (χ2n) is 6.50. The molecule has 0 aromatic rings. The molecule has 0 aromatic heterocycles. The molecule has 21 heavy (non-hydrogen) atoms. The summed E-state index contributed by atoms with van der Waals surface area (Å²) in [6, 6.07) is 0.413. The molecule has 0 radical (unpaired) electrons. The summed E-state index contributed by atoms with van der Waals surface area (Å²) in [5.74, 6) is -0.851. The van der Waals surface area contributed by atoms with Crippen LogP contribution in [0.4, 0.5) is 4.79 Å². The van der Waals surface area contributed by atoms with E-state index in [2.05, 4.69) is 22.6 Å². The quantitative estimate of drug-likeness (QED) is 0.666. The van der Waals surface area contributed by atoms with Gasteiger partial charge in [-0.2, -0.15) is 0 Å². The van der Waals surface area contributed by atoms with E-state index in [1.54, 1.807) is 0 Å². The van der Waals surface area contributed by atoms with Gasteiger partial charge in [0.1, 0.15) is 0 Å². The highest BCUT2D eigenvalue weighted by Gasteiger charge is 2.40. The Balaban J connectivity index is 1.66. The Bertz CT molecular complexity index is 376. The van der Waals surface area contributed by atoms with E-state index in [1.807, 2.05) is 0 Å². The fourth-order valence-electron chi connectivity index (χ4n) is 3.40. The maximum Gasteiger partial charge on any atom is 0.315 e. The molecule has 0 aliphatic heterocycles. The smallest absolute Gasteiger partial charge is 0.315 e. The summed E-state index contributed by atoms with van der Waals surface area (Å²) >= 11 is 0. The maximum absolute atomic E-state index is 11.9. The van der Waals surface area contributed by atoms with Crippen LogP contribution in [-0.4, -0.2) is 53.7 Å². The zero-order valence-electron chi connectivity index (χ0n) is 12.9. The number of nitrogens with one attached hydrogen (secondary N) is 2. The molecular formula is C15H27N3O3. The maximum atomic E-state index is 11.9. The van der Waals surface area contributed by atoms with Crippen molar-refractivity contribution in [3.8, 4) is 0 Å². The van der Waals surface area contributed by atoms with Gasteiger partial charge in [0.15, 0.2) is 0 Å². The van der Waals surface area contributed by atoms with Gasteiger partial charge in [-0.05, 0) is 39.2 Å². The van der Waals surface area contributed by atoms with E-state index in [1.165, 1.54) is 25.7 Å². The van der Waals surface area contributed by atoms with Gasteiger partial charge >= 0.3 is 12.0 Å². The summed E-state index contributed by atoms with van der Waals surface area (Å²) in [6.07, 6.45) is 7.64. The lowest BCUT2D eigenvalue weighted by Gasteiger charge is -2.41. The van der Waals surface area contributed by atoms with Crippen LogP contribution in [0.2, 0.25) is 0 Å². The van der Waals surface area contributed by atoms with E-state index < -0.39 is 11.5 Å². The second kappa shape index (κ2) is 7.11. The lowest BCUT2D eigenvalue weighted by molar-refractivity contribution is -0.139. The van der Waals surface area contributed by atoms with E-state index in [0.717, 1.165) is 25.8 Å². The van der Waals surface area contributed by atoms with Crippen LogP contribution < -0.4 is 10.6 Å². The first kappa shape index (κ1) is 16.1. The molecule has 2 rings (SSSR count). The van der Waals surface area contributed by atoms with Crippen molar-refractivity contribution >= 4 is 12.0 Å². The number of rotatable bonds is 7. The van der Waals surface area contributed by atoms with Crippen molar-refractivity contribution in [2.24, 2.45) is 0 Å². The molecule has 0 atom stereocenters. The van der Waals surface area contributed by atoms with Gasteiger partial charge in [0, 0.05) is 19.1 Å². The second-order valence-corrected chi connectivity index (χ2v) is 6.50. The van der Waals surface area contributed by atoms with Gasteiger partial charge in [0.05, 0.1) is 12.0 Å². The molecule has 2 saturated carbocycles. The largest absolute Gasteiger partial charge is 0.481 e. The van der Waals surface area contributed by atoms with Gasteiger partial charge in [0.25, 0.3) is 0 Å².